The first-order chi connectivity index (χ1) is 9.56. The van der Waals surface area contributed by atoms with Crippen LogP contribution < -0.4 is 5.32 Å². The van der Waals surface area contributed by atoms with E-state index < -0.39 is 5.97 Å². The fourth-order valence-corrected chi connectivity index (χ4v) is 3.26. The molecule has 0 spiro atoms. The lowest BCUT2D eigenvalue weighted by Crippen LogP contribution is -2.12. The molecule has 2 aromatic carbocycles. The molecule has 2 N–H and O–H groups in total. The second-order valence-electron chi connectivity index (χ2n) is 4.52. The van der Waals surface area contributed by atoms with Gasteiger partial charge in [-0.25, -0.2) is 4.79 Å². The van der Waals surface area contributed by atoms with Gasteiger partial charge in [0.2, 0.25) is 0 Å². The molecular weight excluding hydrogens is 274 g/mol. The Morgan fingerprint density at radius 2 is 1.95 bits per heavy atom. The largest absolute Gasteiger partial charge is 0.478 e. The van der Waals surface area contributed by atoms with Crippen molar-refractivity contribution in [3.8, 4) is 0 Å². The van der Waals surface area contributed by atoms with Gasteiger partial charge in [-0.1, -0.05) is 23.9 Å². The SMILES string of the molecule is Cc1cc2c(cc1C(=O)O)NC(=O)c1ccccc1S2. The van der Waals surface area contributed by atoms with Crippen LogP contribution in [0.15, 0.2) is 46.2 Å². The highest BCUT2D eigenvalue weighted by Gasteiger charge is 2.21. The van der Waals surface area contributed by atoms with E-state index in [2.05, 4.69) is 5.32 Å². The molecule has 0 saturated carbocycles. The van der Waals surface area contributed by atoms with Gasteiger partial charge in [0, 0.05) is 9.79 Å². The summed E-state index contributed by atoms with van der Waals surface area (Å²) in [6, 6.07) is 10.6. The molecule has 0 bridgehead atoms. The molecule has 1 aliphatic rings. The Bertz CT molecular complexity index is 740. The Kier molecular flexibility index (Phi) is 2.99. The minimum Gasteiger partial charge on any atom is -0.478 e. The van der Waals surface area contributed by atoms with E-state index in [1.807, 2.05) is 18.2 Å². The van der Waals surface area contributed by atoms with Crippen molar-refractivity contribution in [3.05, 3.63) is 53.1 Å². The Balaban J connectivity index is 2.17. The van der Waals surface area contributed by atoms with Crippen LogP contribution in [0.4, 0.5) is 5.69 Å². The van der Waals surface area contributed by atoms with E-state index in [0.29, 0.717) is 16.8 Å². The van der Waals surface area contributed by atoms with Crippen molar-refractivity contribution in [3.63, 3.8) is 0 Å². The van der Waals surface area contributed by atoms with Crippen molar-refractivity contribution in [1.82, 2.24) is 0 Å². The second-order valence-corrected chi connectivity index (χ2v) is 5.60. The van der Waals surface area contributed by atoms with Crippen LogP contribution in [0.25, 0.3) is 0 Å². The number of amides is 1. The molecule has 20 heavy (non-hydrogen) atoms. The van der Waals surface area contributed by atoms with Gasteiger partial charge < -0.3 is 10.4 Å². The molecule has 0 aromatic heterocycles. The molecule has 3 rings (SSSR count). The highest BCUT2D eigenvalue weighted by molar-refractivity contribution is 7.99. The Morgan fingerprint density at radius 3 is 2.70 bits per heavy atom. The van der Waals surface area contributed by atoms with Crippen LogP contribution in [0.1, 0.15) is 26.3 Å². The van der Waals surface area contributed by atoms with E-state index >= 15 is 0 Å². The zero-order valence-corrected chi connectivity index (χ0v) is 11.5. The van der Waals surface area contributed by atoms with Gasteiger partial charge >= 0.3 is 5.97 Å². The summed E-state index contributed by atoms with van der Waals surface area (Å²) in [5.41, 5.74) is 2.02. The molecule has 2 aromatic rings. The number of benzene rings is 2. The molecule has 5 heteroatoms. The molecule has 0 aliphatic carbocycles. The number of carboxylic acids is 1. The first-order valence-electron chi connectivity index (χ1n) is 6.02. The Hall–Kier alpha value is -2.27. The number of nitrogens with one attached hydrogen (secondary N) is 1. The predicted molar refractivity (Wildman–Crippen MR) is 76.7 cm³/mol. The minimum absolute atomic E-state index is 0.204. The number of fused-ring (bicyclic) bond motifs is 2. The maximum atomic E-state index is 12.2. The van der Waals surface area contributed by atoms with Crippen LogP contribution in [0.2, 0.25) is 0 Å². The standard InChI is InChI=1S/C15H11NO3S/c1-8-6-13-11(7-10(8)15(18)19)16-14(17)9-4-2-3-5-12(9)20-13/h2-7H,1H3,(H,16,17)(H,18,19). The number of aromatic carboxylic acids is 1. The summed E-state index contributed by atoms with van der Waals surface area (Å²) in [5, 5.41) is 11.9. The van der Waals surface area contributed by atoms with Gasteiger partial charge in [-0.3, -0.25) is 4.79 Å². The van der Waals surface area contributed by atoms with E-state index in [4.69, 9.17) is 5.11 Å². The number of hydrogen-bond acceptors (Lipinski definition) is 3. The molecule has 0 unspecified atom stereocenters. The first-order valence-corrected chi connectivity index (χ1v) is 6.84. The van der Waals surface area contributed by atoms with Gasteiger partial charge in [0.25, 0.3) is 5.91 Å². The number of carboxylic acid groups (broad SMARTS) is 1. The minimum atomic E-state index is -0.994. The highest BCUT2D eigenvalue weighted by atomic mass is 32.2. The average molecular weight is 285 g/mol. The monoisotopic (exact) mass is 285 g/mol. The van der Waals surface area contributed by atoms with Crippen molar-refractivity contribution >= 4 is 29.3 Å². The number of aryl methyl sites for hydroxylation is 1. The van der Waals surface area contributed by atoms with Gasteiger partial charge in [0.1, 0.15) is 0 Å². The summed E-state index contributed by atoms with van der Waals surface area (Å²) in [7, 11) is 0. The molecule has 1 amide bonds. The quantitative estimate of drug-likeness (QED) is 0.842. The fraction of sp³-hybridized carbons (Fsp3) is 0.0667. The topological polar surface area (TPSA) is 66.4 Å². The van der Waals surface area contributed by atoms with Gasteiger partial charge in [-0.15, -0.1) is 0 Å². The average Bonchev–Trinajstić information content (AvgIpc) is 2.54. The molecule has 0 fully saturated rings. The van der Waals surface area contributed by atoms with Crippen LogP contribution in [0.3, 0.4) is 0 Å². The predicted octanol–water partition coefficient (Wildman–Crippen LogP) is 3.41. The second kappa shape index (κ2) is 4.68. The normalized spacial score (nSPS) is 12.9. The fourth-order valence-electron chi connectivity index (χ4n) is 2.15. The molecule has 4 nitrogen and oxygen atoms in total. The summed E-state index contributed by atoms with van der Waals surface area (Å²) in [4.78, 5) is 25.1. The summed E-state index contributed by atoms with van der Waals surface area (Å²) in [6.07, 6.45) is 0. The molecule has 0 saturated heterocycles. The third-order valence-electron chi connectivity index (χ3n) is 3.16. The van der Waals surface area contributed by atoms with E-state index in [9.17, 15) is 9.59 Å². The van der Waals surface area contributed by atoms with Crippen LogP contribution in [0.5, 0.6) is 0 Å². The lowest BCUT2D eigenvalue weighted by molar-refractivity contribution is 0.0695. The van der Waals surface area contributed by atoms with Gasteiger partial charge in [-0.05, 0) is 36.8 Å². The number of carbonyl (C=O) groups is 2. The van der Waals surface area contributed by atoms with Crippen molar-refractivity contribution in [1.29, 1.82) is 0 Å². The first kappa shape index (κ1) is 12.7. The summed E-state index contributed by atoms with van der Waals surface area (Å²) in [6.45, 7) is 1.75. The lowest BCUT2D eigenvalue weighted by Gasteiger charge is -2.09. The Morgan fingerprint density at radius 1 is 1.20 bits per heavy atom. The third-order valence-corrected chi connectivity index (χ3v) is 4.29. The van der Waals surface area contributed by atoms with Gasteiger partial charge in [0.05, 0.1) is 16.8 Å². The van der Waals surface area contributed by atoms with E-state index in [1.165, 1.54) is 17.8 Å². The number of rotatable bonds is 1. The van der Waals surface area contributed by atoms with Crippen LogP contribution in [-0.4, -0.2) is 17.0 Å². The third kappa shape index (κ3) is 2.06. The van der Waals surface area contributed by atoms with E-state index in [1.54, 1.807) is 19.1 Å². The van der Waals surface area contributed by atoms with E-state index in [-0.39, 0.29) is 11.5 Å². The molecule has 0 atom stereocenters. The zero-order chi connectivity index (χ0) is 14.3. The summed E-state index contributed by atoms with van der Waals surface area (Å²) in [5.74, 6) is -1.21. The highest BCUT2D eigenvalue weighted by Crippen LogP contribution is 2.39. The number of carbonyl (C=O) groups excluding carboxylic acids is 1. The number of hydrogen-bond donors (Lipinski definition) is 2. The molecule has 1 heterocycles. The summed E-state index contributed by atoms with van der Waals surface area (Å²) >= 11 is 1.47. The van der Waals surface area contributed by atoms with Crippen molar-refractivity contribution in [2.45, 2.75) is 16.7 Å². The van der Waals surface area contributed by atoms with Gasteiger partial charge in [0.15, 0.2) is 0 Å². The maximum Gasteiger partial charge on any atom is 0.336 e. The molecule has 1 aliphatic heterocycles. The van der Waals surface area contributed by atoms with Crippen molar-refractivity contribution in [2.24, 2.45) is 0 Å². The number of anilines is 1. The summed E-state index contributed by atoms with van der Waals surface area (Å²) < 4.78 is 0. The lowest BCUT2D eigenvalue weighted by atomic mass is 10.1. The van der Waals surface area contributed by atoms with Crippen LogP contribution in [-0.2, 0) is 0 Å². The zero-order valence-electron chi connectivity index (χ0n) is 10.6. The van der Waals surface area contributed by atoms with Crippen molar-refractivity contribution in [2.75, 3.05) is 5.32 Å². The van der Waals surface area contributed by atoms with Gasteiger partial charge in [-0.2, -0.15) is 0 Å². The maximum absolute atomic E-state index is 12.2. The van der Waals surface area contributed by atoms with E-state index in [0.717, 1.165) is 9.79 Å². The molecular formula is C15H11NO3S. The van der Waals surface area contributed by atoms with Crippen LogP contribution in [0, 0.1) is 6.92 Å². The van der Waals surface area contributed by atoms with Crippen molar-refractivity contribution < 1.29 is 14.7 Å². The smallest absolute Gasteiger partial charge is 0.336 e. The Labute approximate surface area is 119 Å². The molecule has 100 valence electrons. The van der Waals surface area contributed by atoms with Crippen LogP contribution >= 0.6 is 11.8 Å². The molecule has 0 radical (unpaired) electrons.